The Bertz CT molecular complexity index is 514. The second-order valence-electron chi connectivity index (χ2n) is 4.20. The molecule has 3 nitrogen and oxygen atoms in total. The molecule has 1 aromatic carbocycles. The summed E-state index contributed by atoms with van der Waals surface area (Å²) in [6.45, 7) is 0.883. The van der Waals surface area contributed by atoms with Crippen molar-refractivity contribution in [1.29, 1.82) is 0 Å². The lowest BCUT2D eigenvalue weighted by Gasteiger charge is -2.21. The number of hydrogen-bond acceptors (Lipinski definition) is 3. The van der Waals surface area contributed by atoms with Gasteiger partial charge >= 0.3 is 0 Å². The second-order valence-corrected chi connectivity index (χ2v) is 4.61. The molecule has 0 bridgehead atoms. The summed E-state index contributed by atoms with van der Waals surface area (Å²) in [4.78, 5) is 6.12. The third kappa shape index (κ3) is 2.93. The fraction of sp³-hybridized carbons (Fsp3) is 0.214. The molecule has 0 saturated heterocycles. The second kappa shape index (κ2) is 5.74. The summed E-state index contributed by atoms with van der Waals surface area (Å²) in [5.41, 5.74) is 8.83. The van der Waals surface area contributed by atoms with Crippen molar-refractivity contribution in [3.63, 3.8) is 0 Å². The molecule has 0 atom stereocenters. The first-order valence-corrected chi connectivity index (χ1v) is 6.20. The number of anilines is 2. The topological polar surface area (TPSA) is 42.2 Å². The van der Waals surface area contributed by atoms with Crippen molar-refractivity contribution in [2.24, 2.45) is 0 Å². The molecule has 2 rings (SSSR count). The van der Waals surface area contributed by atoms with Crippen LogP contribution >= 0.6 is 11.6 Å². The smallest absolute Gasteiger partial charge is 0.0741 e. The lowest BCUT2D eigenvalue weighted by molar-refractivity contribution is 0.876. The maximum absolute atomic E-state index is 6.02. The van der Waals surface area contributed by atoms with Gasteiger partial charge in [-0.1, -0.05) is 17.7 Å². The van der Waals surface area contributed by atoms with E-state index in [-0.39, 0.29) is 0 Å². The minimum absolute atomic E-state index is 0.600. The minimum atomic E-state index is 0.600. The molecular weight excluding hydrogens is 246 g/mol. The molecule has 94 valence electrons. The van der Waals surface area contributed by atoms with E-state index in [4.69, 9.17) is 17.3 Å². The van der Waals surface area contributed by atoms with E-state index in [1.54, 1.807) is 6.07 Å². The summed E-state index contributed by atoms with van der Waals surface area (Å²) in [6.07, 6.45) is 4.57. The average molecular weight is 262 g/mol. The molecule has 1 heterocycles. The van der Waals surface area contributed by atoms with Crippen LogP contribution in [0.3, 0.4) is 0 Å². The SMILES string of the molecule is CN(CCc1ccncc1)c1cccc(Cl)c1N. The maximum Gasteiger partial charge on any atom is 0.0741 e. The van der Waals surface area contributed by atoms with E-state index in [2.05, 4.69) is 9.88 Å². The largest absolute Gasteiger partial charge is 0.396 e. The summed E-state index contributed by atoms with van der Waals surface area (Å²) in [5.74, 6) is 0. The molecule has 0 unspecified atom stereocenters. The fourth-order valence-corrected chi connectivity index (χ4v) is 1.99. The van der Waals surface area contributed by atoms with E-state index in [0.717, 1.165) is 18.7 Å². The van der Waals surface area contributed by atoms with Gasteiger partial charge in [0.15, 0.2) is 0 Å². The Kier molecular flexibility index (Phi) is 4.05. The lowest BCUT2D eigenvalue weighted by Crippen LogP contribution is -2.21. The molecule has 0 aliphatic heterocycles. The van der Waals surface area contributed by atoms with Gasteiger partial charge in [-0.3, -0.25) is 4.98 Å². The van der Waals surface area contributed by atoms with E-state index in [0.29, 0.717) is 10.7 Å². The van der Waals surface area contributed by atoms with Crippen molar-refractivity contribution >= 4 is 23.0 Å². The van der Waals surface area contributed by atoms with Gasteiger partial charge in [0.05, 0.1) is 16.4 Å². The number of rotatable bonds is 4. The van der Waals surface area contributed by atoms with Crippen LogP contribution in [0.1, 0.15) is 5.56 Å². The first-order chi connectivity index (χ1) is 8.68. The predicted molar refractivity (Wildman–Crippen MR) is 77.1 cm³/mol. The Hall–Kier alpha value is -1.74. The first kappa shape index (κ1) is 12.7. The summed E-state index contributed by atoms with van der Waals surface area (Å²) in [6, 6.07) is 9.74. The van der Waals surface area contributed by atoms with Gasteiger partial charge in [-0.05, 0) is 36.2 Å². The highest BCUT2D eigenvalue weighted by molar-refractivity contribution is 6.33. The third-order valence-corrected chi connectivity index (χ3v) is 3.26. The molecule has 0 fully saturated rings. The van der Waals surface area contributed by atoms with Crippen LogP contribution in [0.2, 0.25) is 5.02 Å². The van der Waals surface area contributed by atoms with Crippen molar-refractivity contribution in [2.45, 2.75) is 6.42 Å². The van der Waals surface area contributed by atoms with Crippen molar-refractivity contribution < 1.29 is 0 Å². The number of pyridine rings is 1. The highest BCUT2D eigenvalue weighted by atomic mass is 35.5. The van der Waals surface area contributed by atoms with Crippen LogP contribution in [-0.2, 0) is 6.42 Å². The first-order valence-electron chi connectivity index (χ1n) is 5.82. The van der Waals surface area contributed by atoms with E-state index in [1.165, 1.54) is 5.56 Å². The number of nitrogens with two attached hydrogens (primary N) is 1. The van der Waals surface area contributed by atoms with Crippen molar-refractivity contribution in [3.8, 4) is 0 Å². The number of aromatic nitrogens is 1. The Morgan fingerprint density at radius 1 is 1.22 bits per heavy atom. The number of nitrogen functional groups attached to an aromatic ring is 1. The zero-order chi connectivity index (χ0) is 13.0. The summed E-state index contributed by atoms with van der Waals surface area (Å²) >= 11 is 6.02. The number of halogens is 1. The van der Waals surface area contributed by atoms with Crippen molar-refractivity contribution in [2.75, 3.05) is 24.2 Å². The molecule has 0 amide bonds. The Labute approximate surface area is 112 Å². The zero-order valence-electron chi connectivity index (χ0n) is 10.3. The molecule has 2 N–H and O–H groups in total. The van der Waals surface area contributed by atoms with Crippen molar-refractivity contribution in [1.82, 2.24) is 4.98 Å². The fourth-order valence-electron chi connectivity index (χ4n) is 1.83. The number of nitrogens with zero attached hydrogens (tertiary/aromatic N) is 2. The molecule has 4 heteroatoms. The van der Waals surface area contributed by atoms with E-state index in [9.17, 15) is 0 Å². The van der Waals surface area contributed by atoms with Gasteiger partial charge in [0.1, 0.15) is 0 Å². The molecule has 18 heavy (non-hydrogen) atoms. The van der Waals surface area contributed by atoms with Gasteiger partial charge in [-0.15, -0.1) is 0 Å². The molecule has 1 aromatic heterocycles. The predicted octanol–water partition coefficient (Wildman–Crippen LogP) is 3.00. The quantitative estimate of drug-likeness (QED) is 0.861. The minimum Gasteiger partial charge on any atom is -0.396 e. The number of para-hydroxylation sites is 1. The van der Waals surface area contributed by atoms with Gasteiger partial charge in [0.2, 0.25) is 0 Å². The Morgan fingerprint density at radius 3 is 2.67 bits per heavy atom. The van der Waals surface area contributed by atoms with Crippen LogP contribution < -0.4 is 10.6 Å². The van der Waals surface area contributed by atoms with Crippen molar-refractivity contribution in [3.05, 3.63) is 53.3 Å². The Morgan fingerprint density at radius 2 is 1.94 bits per heavy atom. The van der Waals surface area contributed by atoms with Gasteiger partial charge in [0.25, 0.3) is 0 Å². The number of hydrogen-bond donors (Lipinski definition) is 1. The number of likely N-dealkylation sites (N-methyl/N-ethyl adjacent to an activating group) is 1. The lowest BCUT2D eigenvalue weighted by atomic mass is 10.2. The monoisotopic (exact) mass is 261 g/mol. The summed E-state index contributed by atoms with van der Waals surface area (Å²) < 4.78 is 0. The van der Waals surface area contributed by atoms with Gasteiger partial charge in [-0.25, -0.2) is 0 Å². The molecule has 0 radical (unpaired) electrons. The number of benzene rings is 1. The van der Waals surface area contributed by atoms with Crippen LogP contribution in [0.4, 0.5) is 11.4 Å². The zero-order valence-corrected chi connectivity index (χ0v) is 11.1. The highest BCUT2D eigenvalue weighted by Crippen LogP contribution is 2.29. The van der Waals surface area contributed by atoms with Gasteiger partial charge in [0, 0.05) is 26.0 Å². The highest BCUT2D eigenvalue weighted by Gasteiger charge is 2.07. The van der Waals surface area contributed by atoms with Crippen LogP contribution in [0, 0.1) is 0 Å². The summed E-state index contributed by atoms with van der Waals surface area (Å²) in [5, 5.41) is 0.600. The van der Waals surface area contributed by atoms with Gasteiger partial charge < -0.3 is 10.6 Å². The van der Waals surface area contributed by atoms with E-state index < -0.39 is 0 Å². The van der Waals surface area contributed by atoms with E-state index >= 15 is 0 Å². The molecular formula is C14H16ClN3. The average Bonchev–Trinajstić information content (AvgIpc) is 2.40. The van der Waals surface area contributed by atoms with Crippen LogP contribution in [0.15, 0.2) is 42.7 Å². The molecule has 2 aromatic rings. The standard InChI is InChI=1S/C14H16ClN3/c1-18(10-7-11-5-8-17-9-6-11)13-4-2-3-12(15)14(13)16/h2-6,8-9H,7,10,16H2,1H3. The molecule has 0 spiro atoms. The van der Waals surface area contributed by atoms with Crippen LogP contribution in [-0.4, -0.2) is 18.6 Å². The Balaban J connectivity index is 2.04. The van der Waals surface area contributed by atoms with Crippen LogP contribution in [0.5, 0.6) is 0 Å². The van der Waals surface area contributed by atoms with Gasteiger partial charge in [-0.2, -0.15) is 0 Å². The molecule has 0 aliphatic carbocycles. The molecule has 0 saturated carbocycles. The maximum atomic E-state index is 6.02. The molecule has 0 aliphatic rings. The van der Waals surface area contributed by atoms with E-state index in [1.807, 2.05) is 43.7 Å². The third-order valence-electron chi connectivity index (χ3n) is 2.93. The normalized spacial score (nSPS) is 10.3. The summed E-state index contributed by atoms with van der Waals surface area (Å²) in [7, 11) is 2.02. The van der Waals surface area contributed by atoms with Crippen LogP contribution in [0.25, 0.3) is 0 Å².